The number of hydrogen-bond acceptors (Lipinski definition) is 9. The number of aryl methyl sites for hydroxylation is 1. The number of anilines is 2. The lowest BCUT2D eigenvalue weighted by molar-refractivity contribution is -0.129. The molecule has 2 unspecified atom stereocenters. The van der Waals surface area contributed by atoms with Crippen LogP contribution in [0.1, 0.15) is 17.7 Å². The van der Waals surface area contributed by atoms with Crippen molar-refractivity contribution < 1.29 is 29.3 Å². The fraction of sp³-hybridized carbons (Fsp3) is 0.226. The normalized spacial score (nSPS) is 20.5. The van der Waals surface area contributed by atoms with Crippen LogP contribution in [0.25, 0.3) is 11.1 Å². The van der Waals surface area contributed by atoms with Gasteiger partial charge in [0.15, 0.2) is 11.6 Å². The second-order valence-electron chi connectivity index (χ2n) is 10.4. The molecule has 2 aromatic heterocycles. The molecule has 2 fully saturated rings. The molecule has 2 N–H and O–H groups in total. The highest BCUT2D eigenvalue weighted by atomic mass is 16.7. The van der Waals surface area contributed by atoms with Crippen molar-refractivity contribution in [3.05, 3.63) is 96.4 Å². The van der Waals surface area contributed by atoms with E-state index in [1.807, 2.05) is 54.3 Å². The molecule has 2 saturated heterocycles. The molecule has 218 valence electrons. The van der Waals surface area contributed by atoms with Crippen LogP contribution in [0, 0.1) is 6.92 Å². The zero-order chi connectivity index (χ0) is 30.1. The van der Waals surface area contributed by atoms with E-state index in [2.05, 4.69) is 15.0 Å². The maximum Gasteiger partial charge on any atom is 0.506 e. The number of piperidine rings is 1. The Balaban J connectivity index is 1.41. The van der Waals surface area contributed by atoms with Gasteiger partial charge in [0.05, 0.1) is 11.4 Å². The third kappa shape index (κ3) is 5.01. The summed E-state index contributed by atoms with van der Waals surface area (Å²) in [6.45, 7) is 2.62. The molecule has 2 atom stereocenters. The minimum atomic E-state index is -1.81. The number of pyridine rings is 1. The molecule has 12 heteroatoms. The number of urea groups is 1. The third-order valence-electron chi connectivity index (χ3n) is 7.92. The molecular weight excluding hydrogens is 552 g/mol. The van der Waals surface area contributed by atoms with E-state index in [1.54, 1.807) is 30.5 Å². The van der Waals surface area contributed by atoms with Crippen LogP contribution in [0.15, 0.2) is 85.2 Å². The number of hydrogen-bond donors (Lipinski definition) is 2. The van der Waals surface area contributed by atoms with Gasteiger partial charge in [-0.3, -0.25) is 14.7 Å². The molecule has 12 nitrogen and oxygen atoms in total. The number of ether oxygens (including phenoxy) is 1. The fourth-order valence-corrected chi connectivity index (χ4v) is 5.78. The van der Waals surface area contributed by atoms with E-state index >= 15 is 0 Å². The highest BCUT2D eigenvalue weighted by Crippen LogP contribution is 2.43. The number of benzene rings is 2. The van der Waals surface area contributed by atoms with Crippen LogP contribution in [0.3, 0.4) is 0 Å². The maximum atomic E-state index is 14.5. The predicted molar refractivity (Wildman–Crippen MR) is 155 cm³/mol. The maximum absolute atomic E-state index is 14.5. The van der Waals surface area contributed by atoms with Crippen molar-refractivity contribution in [1.82, 2.24) is 19.9 Å². The van der Waals surface area contributed by atoms with Gasteiger partial charge in [-0.05, 0) is 48.2 Å². The van der Waals surface area contributed by atoms with Gasteiger partial charge >= 0.3 is 12.2 Å². The topological polar surface area (TPSA) is 149 Å². The lowest BCUT2D eigenvalue weighted by Gasteiger charge is -2.45. The number of likely N-dealkylation sites (tertiary alicyclic amines) is 1. The van der Waals surface area contributed by atoms with Crippen molar-refractivity contribution >= 4 is 29.7 Å². The first kappa shape index (κ1) is 27.8. The lowest BCUT2D eigenvalue weighted by Crippen LogP contribution is -2.67. The molecular formula is C31H28N6O6. The zero-order valence-corrected chi connectivity index (χ0v) is 23.2. The molecule has 6 rings (SSSR count). The first-order valence-electron chi connectivity index (χ1n) is 13.7. The average Bonchev–Trinajstić information content (AvgIpc) is 3.22. The second kappa shape index (κ2) is 11.1. The molecule has 2 aliphatic rings. The van der Waals surface area contributed by atoms with Crippen molar-refractivity contribution in [2.75, 3.05) is 22.9 Å². The Bertz CT molecular complexity index is 1680. The van der Waals surface area contributed by atoms with Crippen LogP contribution in [0.4, 0.5) is 21.2 Å². The standard InChI is InChI=1S/C31H28N6O6/c1-20-6-5-15-32-24(20)18-35-17-14-31(25(19-35)43-30(41)42)27(39)36(29(40)37(31)28-33-16-13-26(38)34-28)23-11-9-22(10-12-23)21-7-3-2-4-8-21/h2-13,15-16,25H,14,17-19H2,1H3,(H,41,42)(H,33,34,38). The summed E-state index contributed by atoms with van der Waals surface area (Å²) in [5.74, 6) is -1.32. The number of imide groups is 1. The summed E-state index contributed by atoms with van der Waals surface area (Å²) in [6.07, 6.45) is 0.0487. The summed E-state index contributed by atoms with van der Waals surface area (Å²) in [6, 6.07) is 20.8. The number of rotatable bonds is 6. The monoisotopic (exact) mass is 580 g/mol. The smallest absolute Gasteiger partial charge is 0.493 e. The summed E-state index contributed by atoms with van der Waals surface area (Å²) in [5.41, 5.74) is 2.09. The molecule has 43 heavy (non-hydrogen) atoms. The van der Waals surface area contributed by atoms with Crippen LogP contribution < -0.4 is 9.80 Å². The Morgan fingerprint density at radius 2 is 1.72 bits per heavy atom. The van der Waals surface area contributed by atoms with Gasteiger partial charge in [0, 0.05) is 38.1 Å². The van der Waals surface area contributed by atoms with Crippen LogP contribution in [-0.4, -0.2) is 72.9 Å². The quantitative estimate of drug-likeness (QED) is 0.251. The summed E-state index contributed by atoms with van der Waals surface area (Å²) in [5, 5.41) is 19.9. The summed E-state index contributed by atoms with van der Waals surface area (Å²) in [7, 11) is 0. The number of amides is 3. The van der Waals surface area contributed by atoms with Crippen molar-refractivity contribution in [3.8, 4) is 17.0 Å². The SMILES string of the molecule is Cc1cccnc1CN1CCC2(C(=O)N(c3ccc(-c4ccccc4)cc3)C(=O)N2c2nccc(O)n2)C(OC(=O)O)C1. The van der Waals surface area contributed by atoms with Crippen LogP contribution >= 0.6 is 0 Å². The predicted octanol–water partition coefficient (Wildman–Crippen LogP) is 4.23. The summed E-state index contributed by atoms with van der Waals surface area (Å²) < 4.78 is 5.38. The number of nitrogens with zero attached hydrogens (tertiary/aromatic N) is 6. The number of carbonyl (C=O) groups is 3. The Morgan fingerprint density at radius 3 is 2.42 bits per heavy atom. The number of aromatic hydroxyl groups is 1. The van der Waals surface area contributed by atoms with Gasteiger partial charge < -0.3 is 14.9 Å². The van der Waals surface area contributed by atoms with Gasteiger partial charge in [-0.1, -0.05) is 48.5 Å². The first-order chi connectivity index (χ1) is 20.8. The Kier molecular flexibility index (Phi) is 7.20. The van der Waals surface area contributed by atoms with E-state index < -0.39 is 35.6 Å². The molecule has 0 saturated carbocycles. The van der Waals surface area contributed by atoms with Gasteiger partial charge in [-0.15, -0.1) is 0 Å². The van der Waals surface area contributed by atoms with E-state index in [9.17, 15) is 24.6 Å². The molecule has 4 aromatic rings. The highest BCUT2D eigenvalue weighted by molar-refractivity contribution is 6.30. The van der Waals surface area contributed by atoms with Crippen LogP contribution in [0.2, 0.25) is 0 Å². The van der Waals surface area contributed by atoms with E-state index in [-0.39, 0.29) is 24.6 Å². The highest BCUT2D eigenvalue weighted by Gasteiger charge is 2.66. The van der Waals surface area contributed by atoms with Crippen molar-refractivity contribution in [1.29, 1.82) is 0 Å². The third-order valence-corrected chi connectivity index (χ3v) is 7.92. The van der Waals surface area contributed by atoms with Crippen LogP contribution in [0.5, 0.6) is 5.88 Å². The van der Waals surface area contributed by atoms with E-state index in [1.165, 1.54) is 12.3 Å². The van der Waals surface area contributed by atoms with Gasteiger partial charge in [0.1, 0.15) is 0 Å². The van der Waals surface area contributed by atoms with Crippen LogP contribution in [-0.2, 0) is 16.1 Å². The molecule has 0 bridgehead atoms. The molecule has 1 spiro atoms. The van der Waals surface area contributed by atoms with Crippen molar-refractivity contribution in [2.24, 2.45) is 0 Å². The van der Waals surface area contributed by atoms with E-state index in [0.717, 1.165) is 32.2 Å². The lowest BCUT2D eigenvalue weighted by atomic mass is 9.82. The van der Waals surface area contributed by atoms with E-state index in [4.69, 9.17) is 4.74 Å². The van der Waals surface area contributed by atoms with E-state index in [0.29, 0.717) is 13.1 Å². The summed E-state index contributed by atoms with van der Waals surface area (Å²) in [4.78, 5) is 57.2. The fourth-order valence-electron chi connectivity index (χ4n) is 5.78. The minimum Gasteiger partial charge on any atom is -0.493 e. The number of carbonyl (C=O) groups excluding carboxylic acids is 2. The first-order valence-corrected chi connectivity index (χ1v) is 13.7. The number of aromatic nitrogens is 3. The minimum absolute atomic E-state index is 0.00254. The van der Waals surface area contributed by atoms with Crippen molar-refractivity contribution in [2.45, 2.75) is 31.5 Å². The number of carboxylic acid groups (broad SMARTS) is 1. The zero-order valence-electron chi connectivity index (χ0n) is 23.2. The largest absolute Gasteiger partial charge is 0.506 e. The Morgan fingerprint density at radius 1 is 0.977 bits per heavy atom. The van der Waals surface area contributed by atoms with Gasteiger partial charge in [0.25, 0.3) is 5.91 Å². The molecule has 4 heterocycles. The Labute approximate surface area is 246 Å². The molecule has 2 aromatic carbocycles. The van der Waals surface area contributed by atoms with Gasteiger partial charge in [0.2, 0.25) is 11.8 Å². The molecule has 3 amide bonds. The molecule has 0 aliphatic carbocycles. The Hall–Kier alpha value is -5.36. The van der Waals surface area contributed by atoms with Gasteiger partial charge in [-0.2, -0.15) is 4.98 Å². The second-order valence-corrected chi connectivity index (χ2v) is 10.4. The van der Waals surface area contributed by atoms with Crippen molar-refractivity contribution in [3.63, 3.8) is 0 Å². The average molecular weight is 581 g/mol. The summed E-state index contributed by atoms with van der Waals surface area (Å²) >= 11 is 0. The van der Waals surface area contributed by atoms with Gasteiger partial charge in [-0.25, -0.2) is 24.4 Å². The molecule has 2 aliphatic heterocycles. The molecule has 0 radical (unpaired) electrons.